The fourth-order valence-corrected chi connectivity index (χ4v) is 0. The van der Waals surface area contributed by atoms with E-state index < -0.39 is 10.4 Å². The Kier molecular flexibility index (Phi) is 772. The van der Waals surface area contributed by atoms with Crippen LogP contribution in [0.15, 0.2) is 0 Å². The summed E-state index contributed by atoms with van der Waals surface area (Å²) in [6.07, 6.45) is 0. The van der Waals surface area contributed by atoms with Crippen molar-refractivity contribution in [2.24, 2.45) is 0 Å². The smallest absolute Gasteiger partial charge is 0.759 e. The van der Waals surface area contributed by atoms with Gasteiger partial charge in [0.05, 0.1) is 0 Å². The number of hydrogen-bond donors (Lipinski definition) is 0. The summed E-state index contributed by atoms with van der Waals surface area (Å²) < 4.78 is 34.1. The zero-order valence-electron chi connectivity index (χ0n) is 7.89. The first kappa shape index (κ1) is 164. The van der Waals surface area contributed by atoms with Gasteiger partial charge in [-0.25, -0.2) is 0 Å². The van der Waals surface area contributed by atoms with Crippen molar-refractivity contribution in [2.75, 3.05) is 0 Å². The SMILES string of the molecule is O.O.O.O.O.O.O.O=S(=O)([O-])[O-].[BH4-].[BH4-].[Fe+2].[Na+].[Na+]. The molecule has 0 amide bonds. The first-order valence-electron chi connectivity index (χ1n) is 0.667. The van der Waals surface area contributed by atoms with E-state index in [-0.39, 0.29) is 131 Å². The second kappa shape index (κ2) is 79.8. The monoisotopic (exact) mass is 354 g/mol. The second-order valence-corrected chi connectivity index (χ2v) is 1.22. The summed E-state index contributed by atoms with van der Waals surface area (Å²) >= 11 is 0. The molecular weight excluding hydrogens is 332 g/mol. The van der Waals surface area contributed by atoms with E-state index in [9.17, 15) is 0 Å². The maximum Gasteiger partial charge on any atom is 2.00 e. The summed E-state index contributed by atoms with van der Waals surface area (Å²) in [7, 11) is -5.17. The third kappa shape index (κ3) is 959. The Balaban J connectivity index is -0.00000000121. The van der Waals surface area contributed by atoms with Crippen LogP contribution in [0.25, 0.3) is 0 Å². The average molecular weight is 354 g/mol. The van der Waals surface area contributed by atoms with Crippen LogP contribution in [0.3, 0.4) is 0 Å². The molecule has 0 radical (unpaired) electrons. The first-order valence-corrected chi connectivity index (χ1v) is 2.00. The summed E-state index contributed by atoms with van der Waals surface area (Å²) in [5.41, 5.74) is 0. The van der Waals surface area contributed by atoms with Crippen LogP contribution in [0.2, 0.25) is 0 Å². The fourth-order valence-electron chi connectivity index (χ4n) is 0. The van der Waals surface area contributed by atoms with Gasteiger partial charge in [0.1, 0.15) is 0 Å². The van der Waals surface area contributed by atoms with Gasteiger partial charge in [0, 0.05) is 10.4 Å². The van der Waals surface area contributed by atoms with E-state index in [4.69, 9.17) is 17.5 Å². The van der Waals surface area contributed by atoms with Crippen LogP contribution in [0.4, 0.5) is 0 Å². The van der Waals surface area contributed by atoms with Gasteiger partial charge in [0.25, 0.3) is 0 Å². The largest absolute Gasteiger partial charge is 2.00 e. The van der Waals surface area contributed by atoms with E-state index in [0.717, 1.165) is 0 Å². The molecule has 0 fully saturated rings. The summed E-state index contributed by atoms with van der Waals surface area (Å²) in [6.45, 7) is 0. The molecule has 0 saturated carbocycles. The Labute approximate surface area is 157 Å². The molecule has 0 aliphatic heterocycles. The van der Waals surface area contributed by atoms with Crippen LogP contribution in [-0.4, -0.2) is 72.7 Å². The summed E-state index contributed by atoms with van der Waals surface area (Å²) in [5, 5.41) is 0. The molecule has 0 heterocycles. The van der Waals surface area contributed by atoms with Crippen molar-refractivity contribution in [3.8, 4) is 0 Å². The predicted octanol–water partition coefficient (Wildman–Crippen LogP) is -16.0. The summed E-state index contributed by atoms with van der Waals surface area (Å²) in [4.78, 5) is 0. The molecule has 11 nitrogen and oxygen atoms in total. The molecule has 0 aliphatic rings. The number of rotatable bonds is 0. The zero-order valence-corrected chi connectivity index (χ0v) is 13.8. The van der Waals surface area contributed by atoms with Gasteiger partial charge in [-0.1, -0.05) is 16.8 Å². The zero-order chi connectivity index (χ0) is 4.50. The standard InChI is InChI=1S/2BH4.Fe.2Na.H2O4S.7H2O/c;;;;;1-5(2,3)4;;;;;;;/h2*1H4;;;;(H2,1,2,3,4);7*1H2/q2*-1;+2;2*+1;;;;;;;;/p-2. The predicted molar refractivity (Wildman–Crippen MR) is 58.4 cm³/mol. The van der Waals surface area contributed by atoms with Crippen LogP contribution < -0.4 is 59.1 Å². The topological polar surface area (TPSA) is 301 Å². The Hall–Kier alpha value is 2.24. The molecule has 17 heavy (non-hydrogen) atoms. The van der Waals surface area contributed by atoms with Crippen molar-refractivity contribution in [2.45, 2.75) is 0 Å². The van der Waals surface area contributed by atoms with E-state index in [1.54, 1.807) is 0 Å². The van der Waals surface area contributed by atoms with Crippen LogP contribution in [0, 0.1) is 0 Å². The Morgan fingerprint density at radius 2 is 0.588 bits per heavy atom. The average Bonchev–Trinajstić information content (AvgIpc) is 0.722. The summed E-state index contributed by atoms with van der Waals surface area (Å²) in [6, 6.07) is 0. The minimum atomic E-state index is -5.17. The van der Waals surface area contributed by atoms with Crippen molar-refractivity contribution in [3.05, 3.63) is 0 Å². The molecule has 0 aromatic carbocycles. The molecule has 0 unspecified atom stereocenters. The van der Waals surface area contributed by atoms with Crippen molar-refractivity contribution in [3.63, 3.8) is 0 Å². The van der Waals surface area contributed by atoms with Gasteiger partial charge >= 0.3 is 76.2 Å². The van der Waals surface area contributed by atoms with Gasteiger partial charge in [-0.15, -0.1) is 0 Å². The van der Waals surface area contributed by atoms with E-state index >= 15 is 0 Å². The number of hydrogen-bond acceptors (Lipinski definition) is 4. The Bertz CT molecular complexity index is 111. The minimum Gasteiger partial charge on any atom is -0.759 e. The van der Waals surface area contributed by atoms with Crippen molar-refractivity contribution < 1.29 is 132 Å². The van der Waals surface area contributed by atoms with Gasteiger partial charge in [0.15, 0.2) is 0 Å². The normalized spacial score (nSPS) is 3.41. The fraction of sp³-hybridized carbons (Fsp3) is 0. The second-order valence-electron chi connectivity index (χ2n) is 0.408. The Morgan fingerprint density at radius 1 is 0.588 bits per heavy atom. The van der Waals surface area contributed by atoms with Gasteiger partial charge in [-0.3, -0.25) is 8.42 Å². The molecule has 0 spiro atoms. The van der Waals surface area contributed by atoms with Gasteiger partial charge < -0.3 is 47.4 Å². The molecule has 0 aromatic heterocycles. The Morgan fingerprint density at radius 3 is 0.588 bits per heavy atom. The van der Waals surface area contributed by atoms with Gasteiger partial charge in [0.2, 0.25) is 0 Å². The maximum atomic E-state index is 8.52. The molecule has 0 aliphatic carbocycles. The van der Waals surface area contributed by atoms with E-state index in [2.05, 4.69) is 0 Å². The van der Waals surface area contributed by atoms with Crippen molar-refractivity contribution >= 4 is 27.2 Å². The maximum absolute atomic E-state index is 8.52. The van der Waals surface area contributed by atoms with E-state index in [1.807, 2.05) is 0 Å². The van der Waals surface area contributed by atoms with E-state index in [0.29, 0.717) is 0 Å². The van der Waals surface area contributed by atoms with E-state index in [1.165, 1.54) is 0 Å². The first-order chi connectivity index (χ1) is 2.00. The van der Waals surface area contributed by atoms with Crippen LogP contribution in [0.1, 0.15) is 0 Å². The molecule has 0 aromatic rings. The third-order valence-corrected chi connectivity index (χ3v) is 0. The van der Waals surface area contributed by atoms with Gasteiger partial charge in [-0.05, 0) is 0 Å². The van der Waals surface area contributed by atoms with Crippen molar-refractivity contribution in [1.29, 1.82) is 0 Å². The van der Waals surface area contributed by atoms with Crippen LogP contribution >= 0.6 is 0 Å². The molecule has 110 valence electrons. The molecular formula is H22B2FeNa2O11S. The summed E-state index contributed by atoms with van der Waals surface area (Å²) in [5.74, 6) is 0. The van der Waals surface area contributed by atoms with Crippen LogP contribution in [-0.2, 0) is 27.5 Å². The molecule has 0 bridgehead atoms. The quantitative estimate of drug-likeness (QED) is 0.232. The third-order valence-electron chi connectivity index (χ3n) is 0. The molecule has 0 atom stereocenters. The van der Waals surface area contributed by atoms with Crippen molar-refractivity contribution in [1.82, 2.24) is 0 Å². The molecule has 14 N–H and O–H groups in total. The molecule has 0 rings (SSSR count). The van der Waals surface area contributed by atoms with Gasteiger partial charge in [-0.2, -0.15) is 0 Å². The molecule has 17 heteroatoms. The molecule has 0 saturated heterocycles. The minimum absolute atomic E-state index is 0. The van der Waals surface area contributed by atoms with Crippen LogP contribution in [0.5, 0.6) is 0 Å².